The molecule has 0 saturated heterocycles. The molecule has 7 N–H and O–H groups in total. The summed E-state index contributed by atoms with van der Waals surface area (Å²) in [5.41, 5.74) is 13.7. The van der Waals surface area contributed by atoms with Gasteiger partial charge in [0.15, 0.2) is 16.6 Å². The summed E-state index contributed by atoms with van der Waals surface area (Å²) >= 11 is 1.08. The van der Waals surface area contributed by atoms with E-state index >= 15 is 0 Å². The SMILES string of the molecule is COc1cc(Nc2nc(N)c(C(=O)NCc3cccc(NC(=O)c4cccc(C(N)=O)c4)c3)s2)cc(OC)c1OC. The van der Waals surface area contributed by atoms with Crippen LogP contribution in [0.3, 0.4) is 0 Å². The molecule has 1 heterocycles. The zero-order chi connectivity index (χ0) is 29.5. The van der Waals surface area contributed by atoms with Crippen molar-refractivity contribution in [1.29, 1.82) is 0 Å². The van der Waals surface area contributed by atoms with Gasteiger partial charge < -0.3 is 41.6 Å². The van der Waals surface area contributed by atoms with Crippen molar-refractivity contribution in [3.05, 3.63) is 82.2 Å². The molecule has 0 saturated carbocycles. The number of nitrogen functional groups attached to an aromatic ring is 1. The van der Waals surface area contributed by atoms with Crippen molar-refractivity contribution >= 4 is 51.4 Å². The second kappa shape index (κ2) is 12.7. The molecule has 4 aromatic rings. The minimum atomic E-state index is -0.622. The fourth-order valence-electron chi connectivity index (χ4n) is 3.86. The maximum Gasteiger partial charge on any atom is 0.265 e. The molecule has 0 aliphatic carbocycles. The average molecular weight is 577 g/mol. The van der Waals surface area contributed by atoms with Crippen molar-refractivity contribution < 1.29 is 28.6 Å². The fraction of sp³-hybridized carbons (Fsp3) is 0.143. The number of amides is 3. The first-order valence-electron chi connectivity index (χ1n) is 12.1. The minimum absolute atomic E-state index is 0.0710. The van der Waals surface area contributed by atoms with E-state index in [1.165, 1.54) is 33.5 Å². The van der Waals surface area contributed by atoms with Gasteiger partial charge in [0.2, 0.25) is 11.7 Å². The van der Waals surface area contributed by atoms with E-state index < -0.39 is 17.7 Å². The Kier molecular flexibility index (Phi) is 8.89. The molecule has 0 atom stereocenters. The van der Waals surface area contributed by atoms with Gasteiger partial charge in [0.05, 0.1) is 21.3 Å². The predicted molar refractivity (Wildman–Crippen MR) is 156 cm³/mol. The van der Waals surface area contributed by atoms with Crippen LogP contribution in [0.2, 0.25) is 0 Å². The van der Waals surface area contributed by atoms with Gasteiger partial charge in [-0.15, -0.1) is 0 Å². The molecule has 3 aromatic carbocycles. The number of carbonyl (C=O) groups excluding carboxylic acids is 3. The molecule has 0 spiro atoms. The summed E-state index contributed by atoms with van der Waals surface area (Å²) in [5, 5.41) is 9.10. The lowest BCUT2D eigenvalue weighted by molar-refractivity contribution is 0.0953. The topological polar surface area (TPSA) is 180 Å². The van der Waals surface area contributed by atoms with Gasteiger partial charge in [-0.2, -0.15) is 0 Å². The monoisotopic (exact) mass is 576 g/mol. The first-order chi connectivity index (χ1) is 19.7. The van der Waals surface area contributed by atoms with Crippen LogP contribution in [0.1, 0.15) is 36.0 Å². The molecule has 212 valence electrons. The highest BCUT2D eigenvalue weighted by Gasteiger charge is 2.18. The van der Waals surface area contributed by atoms with Crippen LogP contribution in [0.4, 0.5) is 22.3 Å². The number of aromatic nitrogens is 1. The zero-order valence-electron chi connectivity index (χ0n) is 22.4. The lowest BCUT2D eigenvalue weighted by atomic mass is 10.1. The molecule has 0 unspecified atom stereocenters. The molecule has 0 aliphatic heterocycles. The van der Waals surface area contributed by atoms with E-state index in [1.54, 1.807) is 48.5 Å². The van der Waals surface area contributed by atoms with Gasteiger partial charge in [0.1, 0.15) is 10.7 Å². The van der Waals surface area contributed by atoms with Crippen LogP contribution in [0.5, 0.6) is 17.2 Å². The third-order valence-electron chi connectivity index (χ3n) is 5.82. The number of hydrogen-bond acceptors (Lipinski definition) is 10. The van der Waals surface area contributed by atoms with Crippen LogP contribution < -0.4 is 41.6 Å². The summed E-state index contributed by atoms with van der Waals surface area (Å²) in [5.74, 6) is -0.0108. The first-order valence-corrected chi connectivity index (χ1v) is 13.0. The van der Waals surface area contributed by atoms with E-state index in [4.69, 9.17) is 25.7 Å². The van der Waals surface area contributed by atoms with E-state index in [1.807, 2.05) is 0 Å². The number of rotatable bonds is 11. The Hall–Kier alpha value is -5.30. The Bertz CT molecular complexity index is 1580. The van der Waals surface area contributed by atoms with Crippen molar-refractivity contribution in [2.24, 2.45) is 5.73 Å². The number of nitrogens with zero attached hydrogens (tertiary/aromatic N) is 1. The Morgan fingerprint density at radius 3 is 2.20 bits per heavy atom. The maximum absolute atomic E-state index is 12.9. The molecule has 3 amide bonds. The quantitative estimate of drug-likeness (QED) is 0.178. The molecular weight excluding hydrogens is 548 g/mol. The van der Waals surface area contributed by atoms with Crippen LogP contribution in [-0.4, -0.2) is 44.0 Å². The average Bonchev–Trinajstić information content (AvgIpc) is 3.35. The lowest BCUT2D eigenvalue weighted by Crippen LogP contribution is -2.23. The number of thiazole rings is 1. The van der Waals surface area contributed by atoms with Crippen molar-refractivity contribution in [2.75, 3.05) is 37.7 Å². The summed E-state index contributed by atoms with van der Waals surface area (Å²) in [4.78, 5) is 41.5. The molecule has 0 radical (unpaired) electrons. The molecule has 13 heteroatoms. The van der Waals surface area contributed by atoms with Crippen molar-refractivity contribution in [1.82, 2.24) is 10.3 Å². The van der Waals surface area contributed by atoms with Crippen LogP contribution in [-0.2, 0) is 6.54 Å². The Morgan fingerprint density at radius 1 is 0.854 bits per heavy atom. The highest BCUT2D eigenvalue weighted by Crippen LogP contribution is 2.41. The highest BCUT2D eigenvalue weighted by molar-refractivity contribution is 7.18. The number of methoxy groups -OCH3 is 3. The van der Waals surface area contributed by atoms with Gasteiger partial charge in [-0.05, 0) is 35.9 Å². The van der Waals surface area contributed by atoms with Crippen LogP contribution in [0, 0.1) is 0 Å². The molecule has 12 nitrogen and oxygen atoms in total. The predicted octanol–water partition coefficient (Wildman–Crippen LogP) is 3.78. The number of nitrogens with two attached hydrogens (primary N) is 2. The number of hydrogen-bond donors (Lipinski definition) is 5. The van der Waals surface area contributed by atoms with Gasteiger partial charge in [-0.25, -0.2) is 4.98 Å². The Morgan fingerprint density at radius 2 is 1.54 bits per heavy atom. The molecule has 0 aliphatic rings. The number of carbonyl (C=O) groups is 3. The first kappa shape index (κ1) is 28.7. The second-order valence-electron chi connectivity index (χ2n) is 8.55. The van der Waals surface area contributed by atoms with Gasteiger partial charge >= 0.3 is 0 Å². The van der Waals surface area contributed by atoms with E-state index in [2.05, 4.69) is 20.9 Å². The minimum Gasteiger partial charge on any atom is -0.493 e. The molecule has 1 aromatic heterocycles. The number of anilines is 4. The largest absolute Gasteiger partial charge is 0.493 e. The number of primary amides is 1. The van der Waals surface area contributed by atoms with E-state index in [9.17, 15) is 14.4 Å². The number of nitrogens with one attached hydrogen (secondary N) is 3. The van der Waals surface area contributed by atoms with Crippen molar-refractivity contribution in [3.8, 4) is 17.2 Å². The Labute approximate surface area is 239 Å². The van der Waals surface area contributed by atoms with Crippen LogP contribution >= 0.6 is 11.3 Å². The summed E-state index contributed by atoms with van der Waals surface area (Å²) in [6, 6.07) is 16.5. The second-order valence-corrected chi connectivity index (χ2v) is 9.55. The molecule has 0 fully saturated rings. The van der Waals surface area contributed by atoms with Crippen LogP contribution in [0.15, 0.2) is 60.7 Å². The smallest absolute Gasteiger partial charge is 0.265 e. The number of benzene rings is 3. The summed E-state index contributed by atoms with van der Waals surface area (Å²) in [7, 11) is 4.54. The van der Waals surface area contributed by atoms with Crippen molar-refractivity contribution in [2.45, 2.75) is 6.54 Å². The van der Waals surface area contributed by atoms with E-state index in [0.29, 0.717) is 33.8 Å². The molecule has 4 rings (SSSR count). The van der Waals surface area contributed by atoms with Gasteiger partial charge in [0, 0.05) is 41.2 Å². The Balaban J connectivity index is 1.41. The highest BCUT2D eigenvalue weighted by atomic mass is 32.1. The standard InChI is InChI=1S/C28H28N6O6S/c1-38-20-12-19(13-21(39-2)22(20)40-3)33-28-34-24(29)23(41-28)27(37)31-14-15-6-4-9-18(10-15)32-26(36)17-8-5-7-16(11-17)25(30)35/h4-13H,14,29H2,1-3H3,(H2,30,35)(H,31,37)(H,32,36)(H,33,34). The number of ether oxygens (including phenoxy) is 3. The third kappa shape index (κ3) is 6.83. The molecular formula is C28H28N6O6S. The van der Waals surface area contributed by atoms with Gasteiger partial charge in [0.25, 0.3) is 11.8 Å². The molecule has 0 bridgehead atoms. The zero-order valence-corrected chi connectivity index (χ0v) is 23.3. The van der Waals surface area contributed by atoms with Crippen molar-refractivity contribution in [3.63, 3.8) is 0 Å². The summed E-state index contributed by atoms with van der Waals surface area (Å²) < 4.78 is 16.1. The summed E-state index contributed by atoms with van der Waals surface area (Å²) in [6.07, 6.45) is 0. The van der Waals surface area contributed by atoms with Gasteiger partial charge in [-0.3, -0.25) is 14.4 Å². The van der Waals surface area contributed by atoms with Crippen LogP contribution in [0.25, 0.3) is 0 Å². The fourth-order valence-corrected chi connectivity index (χ4v) is 4.68. The van der Waals surface area contributed by atoms with E-state index in [0.717, 1.165) is 16.9 Å². The maximum atomic E-state index is 12.9. The summed E-state index contributed by atoms with van der Waals surface area (Å²) in [6.45, 7) is 0.173. The third-order valence-corrected chi connectivity index (χ3v) is 6.81. The normalized spacial score (nSPS) is 10.4. The molecule has 41 heavy (non-hydrogen) atoms. The van der Waals surface area contributed by atoms with Gasteiger partial charge in [-0.1, -0.05) is 29.5 Å². The van der Waals surface area contributed by atoms with E-state index in [-0.39, 0.29) is 28.4 Å². The lowest BCUT2D eigenvalue weighted by Gasteiger charge is -2.14.